The summed E-state index contributed by atoms with van der Waals surface area (Å²) in [6.45, 7) is 13.8. The van der Waals surface area contributed by atoms with Gasteiger partial charge in [-0.15, -0.1) is 0 Å². The lowest BCUT2D eigenvalue weighted by Crippen LogP contribution is -2.39. The van der Waals surface area contributed by atoms with E-state index in [9.17, 15) is 14.3 Å². The second kappa shape index (κ2) is 12.1. The number of aryl methyl sites for hydroxylation is 1. The summed E-state index contributed by atoms with van der Waals surface area (Å²) in [5.41, 5.74) is 10.5. The van der Waals surface area contributed by atoms with Gasteiger partial charge in [-0.05, 0) is 81.3 Å². The highest BCUT2D eigenvalue weighted by molar-refractivity contribution is 5.92. The molecular weight excluding hydrogens is 521 g/mol. The van der Waals surface area contributed by atoms with Gasteiger partial charge in [-0.2, -0.15) is 0 Å². The Morgan fingerprint density at radius 3 is 2.27 bits per heavy atom. The number of ether oxygens (including phenoxy) is 2. The number of aliphatic carboxylic acids is 1. The number of hydrogen-bond acceptors (Lipinski definition) is 6. The Labute approximate surface area is 242 Å². The topological polar surface area (TPSA) is 97.9 Å². The third kappa shape index (κ3) is 7.55. The van der Waals surface area contributed by atoms with Crippen LogP contribution in [0.1, 0.15) is 70.4 Å². The second-order valence-electron chi connectivity index (χ2n) is 12.6. The number of aromatic nitrogens is 1. The number of nitrogen functional groups attached to an aromatic ring is 1. The van der Waals surface area contributed by atoms with Crippen LogP contribution in [-0.2, 0) is 16.0 Å². The summed E-state index contributed by atoms with van der Waals surface area (Å²) in [5.74, 6) is -0.291. The molecule has 0 radical (unpaired) electrons. The first kappa shape index (κ1) is 30.3. The average Bonchev–Trinajstić information content (AvgIpc) is 2.88. The molecule has 0 saturated carbocycles. The number of hydrogen-bond donors (Lipinski definition) is 2. The molecule has 0 unspecified atom stereocenters. The lowest BCUT2D eigenvalue weighted by molar-refractivity contribution is -0.160. The zero-order valence-electron chi connectivity index (χ0n) is 25.0. The number of anilines is 2. The number of nitrogens with zero attached hydrogens (tertiary/aromatic N) is 2. The normalized spacial score (nSPS) is 15.9. The SMILES string of the molecule is Cc1nc(N)c(-c2ccc(OCCc3ccc(F)cc3)cc2)c(N2CCC(C)(C)CC2)c1[C@H](OC(C)(C)C)C(=O)O. The van der Waals surface area contributed by atoms with Gasteiger partial charge in [0.2, 0.25) is 0 Å². The molecule has 3 N–H and O–H groups in total. The maximum atomic E-state index is 13.2. The number of piperidine rings is 1. The van der Waals surface area contributed by atoms with Gasteiger partial charge < -0.3 is 25.2 Å². The maximum Gasteiger partial charge on any atom is 0.337 e. The molecule has 0 aliphatic carbocycles. The number of carbonyl (C=O) groups is 1. The van der Waals surface area contributed by atoms with Gasteiger partial charge >= 0.3 is 5.97 Å². The minimum Gasteiger partial charge on any atom is -0.493 e. The number of carboxylic acids is 1. The van der Waals surface area contributed by atoms with E-state index in [1.54, 1.807) is 19.1 Å². The first-order valence-corrected chi connectivity index (χ1v) is 14.2. The van der Waals surface area contributed by atoms with Crippen molar-refractivity contribution in [1.82, 2.24) is 4.98 Å². The summed E-state index contributed by atoms with van der Waals surface area (Å²) in [6, 6.07) is 14.0. The Hall–Kier alpha value is -3.65. The molecule has 0 bridgehead atoms. The van der Waals surface area contributed by atoms with Gasteiger partial charge in [-0.3, -0.25) is 0 Å². The van der Waals surface area contributed by atoms with E-state index in [1.165, 1.54) is 12.1 Å². The smallest absolute Gasteiger partial charge is 0.337 e. The fourth-order valence-corrected chi connectivity index (χ4v) is 5.23. The Bertz CT molecular complexity index is 1360. The van der Waals surface area contributed by atoms with Crippen molar-refractivity contribution in [3.05, 3.63) is 71.2 Å². The van der Waals surface area contributed by atoms with Gasteiger partial charge in [0.15, 0.2) is 6.10 Å². The van der Waals surface area contributed by atoms with Gasteiger partial charge in [0.05, 0.1) is 17.9 Å². The highest BCUT2D eigenvalue weighted by Crippen LogP contribution is 2.46. The molecule has 0 amide bonds. The van der Waals surface area contributed by atoms with Crippen molar-refractivity contribution < 1.29 is 23.8 Å². The van der Waals surface area contributed by atoms with Gasteiger partial charge in [0.25, 0.3) is 0 Å². The highest BCUT2D eigenvalue weighted by atomic mass is 19.1. The van der Waals surface area contributed by atoms with E-state index in [2.05, 4.69) is 23.7 Å². The lowest BCUT2D eigenvalue weighted by atomic mass is 9.82. The summed E-state index contributed by atoms with van der Waals surface area (Å²) >= 11 is 0. The molecule has 41 heavy (non-hydrogen) atoms. The Morgan fingerprint density at radius 1 is 1.10 bits per heavy atom. The van der Waals surface area contributed by atoms with Crippen molar-refractivity contribution in [2.75, 3.05) is 30.3 Å². The van der Waals surface area contributed by atoms with Crippen LogP contribution in [-0.4, -0.2) is 41.4 Å². The number of nitrogens with two attached hydrogens (primary N) is 1. The highest BCUT2D eigenvalue weighted by Gasteiger charge is 2.36. The quantitative estimate of drug-likeness (QED) is 0.290. The molecule has 1 atom stereocenters. The molecule has 1 aliphatic heterocycles. The van der Waals surface area contributed by atoms with Gasteiger partial charge in [0, 0.05) is 36.3 Å². The standard InChI is InChI=1S/C33H42FN3O4/c1-21-26(29(31(38)39)41-32(2,3)4)28(37-18-16-33(5,6)17-19-37)27(30(35)36-21)23-9-13-25(14-10-23)40-20-15-22-7-11-24(34)12-8-22/h7-14,29H,15-20H2,1-6H3,(H2,35,36)(H,38,39)/t29-/m0/s1. The molecule has 1 aromatic heterocycles. The van der Waals surface area contributed by atoms with Crippen LogP contribution in [0.2, 0.25) is 0 Å². The zero-order chi connectivity index (χ0) is 29.9. The van der Waals surface area contributed by atoms with Crippen molar-refractivity contribution in [2.24, 2.45) is 5.41 Å². The Balaban J connectivity index is 1.71. The van der Waals surface area contributed by atoms with Crippen LogP contribution in [0.15, 0.2) is 48.5 Å². The van der Waals surface area contributed by atoms with Crippen LogP contribution in [0.4, 0.5) is 15.9 Å². The minimum atomic E-state index is -1.21. The summed E-state index contributed by atoms with van der Waals surface area (Å²) < 4.78 is 25.3. The summed E-state index contributed by atoms with van der Waals surface area (Å²) in [7, 11) is 0. The van der Waals surface area contributed by atoms with Gasteiger partial charge in [0.1, 0.15) is 17.4 Å². The largest absolute Gasteiger partial charge is 0.493 e. The lowest BCUT2D eigenvalue weighted by Gasteiger charge is -2.41. The van der Waals surface area contributed by atoms with E-state index in [0.717, 1.165) is 42.7 Å². The molecule has 2 heterocycles. The van der Waals surface area contributed by atoms with Crippen LogP contribution in [0.3, 0.4) is 0 Å². The number of pyridine rings is 1. The molecule has 2 aromatic carbocycles. The molecule has 3 aromatic rings. The first-order valence-electron chi connectivity index (χ1n) is 14.2. The molecule has 1 saturated heterocycles. The van der Waals surface area contributed by atoms with Crippen molar-refractivity contribution >= 4 is 17.5 Å². The molecule has 7 nitrogen and oxygen atoms in total. The van der Waals surface area contributed by atoms with Crippen LogP contribution in [0.5, 0.6) is 5.75 Å². The van der Waals surface area contributed by atoms with Crippen LogP contribution in [0.25, 0.3) is 11.1 Å². The number of carboxylic acid groups (broad SMARTS) is 1. The average molecular weight is 564 g/mol. The molecule has 1 aliphatic rings. The maximum absolute atomic E-state index is 13.2. The van der Waals surface area contributed by atoms with Gasteiger partial charge in [-0.1, -0.05) is 38.1 Å². The van der Waals surface area contributed by atoms with Crippen LogP contribution in [0, 0.1) is 18.2 Å². The van der Waals surface area contributed by atoms with Crippen LogP contribution < -0.4 is 15.4 Å². The first-order chi connectivity index (χ1) is 19.2. The monoisotopic (exact) mass is 563 g/mol. The summed E-state index contributed by atoms with van der Waals surface area (Å²) in [5, 5.41) is 10.3. The summed E-state index contributed by atoms with van der Waals surface area (Å²) in [6.07, 6.45) is 1.37. The number of rotatable bonds is 9. The molecule has 1 fully saturated rings. The third-order valence-corrected chi connectivity index (χ3v) is 7.53. The number of halogens is 1. The van der Waals surface area contributed by atoms with Crippen molar-refractivity contribution in [3.63, 3.8) is 0 Å². The van der Waals surface area contributed by atoms with Crippen molar-refractivity contribution in [3.8, 4) is 16.9 Å². The van der Waals surface area contributed by atoms with Crippen LogP contribution >= 0.6 is 0 Å². The van der Waals surface area contributed by atoms with Gasteiger partial charge in [-0.25, -0.2) is 14.2 Å². The number of benzene rings is 2. The zero-order valence-corrected chi connectivity index (χ0v) is 25.0. The Kier molecular flexibility index (Phi) is 8.92. The predicted octanol–water partition coefficient (Wildman–Crippen LogP) is 6.97. The van der Waals surface area contributed by atoms with E-state index in [1.807, 2.05) is 45.0 Å². The molecular formula is C33H42FN3O4. The fourth-order valence-electron chi connectivity index (χ4n) is 5.23. The molecule has 220 valence electrons. The predicted molar refractivity (Wildman–Crippen MR) is 161 cm³/mol. The van der Waals surface area contributed by atoms with E-state index in [-0.39, 0.29) is 11.2 Å². The van der Waals surface area contributed by atoms with E-state index < -0.39 is 17.7 Å². The molecule has 0 spiro atoms. The van der Waals surface area contributed by atoms with E-state index in [4.69, 9.17) is 15.2 Å². The van der Waals surface area contributed by atoms with Crippen molar-refractivity contribution in [1.29, 1.82) is 0 Å². The minimum absolute atomic E-state index is 0.200. The third-order valence-electron chi connectivity index (χ3n) is 7.53. The Morgan fingerprint density at radius 2 is 1.71 bits per heavy atom. The van der Waals surface area contributed by atoms with Crippen molar-refractivity contribution in [2.45, 2.75) is 72.5 Å². The summed E-state index contributed by atoms with van der Waals surface area (Å²) in [4.78, 5) is 19.5. The fraction of sp³-hybridized carbons (Fsp3) is 0.455. The molecule has 8 heteroatoms. The van der Waals surface area contributed by atoms with E-state index in [0.29, 0.717) is 41.4 Å². The molecule has 4 rings (SSSR count). The second-order valence-corrected chi connectivity index (χ2v) is 12.6. The van der Waals surface area contributed by atoms with E-state index >= 15 is 0 Å².